The molecule has 0 spiro atoms. The summed E-state index contributed by atoms with van der Waals surface area (Å²) in [6, 6.07) is 17.0. The van der Waals surface area contributed by atoms with E-state index < -0.39 is 0 Å². The van der Waals surface area contributed by atoms with Gasteiger partial charge >= 0.3 is 0 Å². The van der Waals surface area contributed by atoms with E-state index in [0.717, 1.165) is 0 Å². The molecule has 2 rings (SSSR count). The van der Waals surface area contributed by atoms with E-state index in [4.69, 9.17) is 0 Å². The molecule has 0 unspecified atom stereocenters. The average Bonchev–Trinajstić information content (AvgIpc) is 2.33. The van der Waals surface area contributed by atoms with Crippen molar-refractivity contribution in [1.29, 1.82) is 0 Å². The zero-order chi connectivity index (χ0) is 12.0. The fourth-order valence-corrected chi connectivity index (χ4v) is 1.87. The van der Waals surface area contributed by atoms with Crippen molar-refractivity contribution in [3.05, 3.63) is 59.7 Å². The van der Waals surface area contributed by atoms with E-state index in [1.165, 1.54) is 22.3 Å². The van der Waals surface area contributed by atoms with E-state index >= 15 is 0 Å². The van der Waals surface area contributed by atoms with Crippen LogP contribution < -0.4 is 0 Å². The Morgan fingerprint density at radius 1 is 0.625 bits per heavy atom. The smallest absolute Gasteiger partial charge is 0.0125 e. The Kier molecular flexibility index (Phi) is 4.78. The highest BCUT2D eigenvalue weighted by Gasteiger charge is 2.03. The van der Waals surface area contributed by atoms with Crippen molar-refractivity contribution in [2.75, 3.05) is 0 Å². The highest BCUT2D eigenvalue weighted by Crippen LogP contribution is 2.26. The van der Waals surface area contributed by atoms with E-state index in [9.17, 15) is 0 Å². The van der Waals surface area contributed by atoms with Crippen molar-refractivity contribution < 1.29 is 0 Å². The number of rotatable bonds is 1. The molecule has 0 N–H and O–H groups in total. The molecule has 0 nitrogen and oxygen atoms in total. The van der Waals surface area contributed by atoms with Crippen LogP contribution in [0.4, 0.5) is 0 Å². The van der Waals surface area contributed by atoms with Crippen LogP contribution in [-0.4, -0.2) is 0 Å². The number of benzene rings is 2. The molecule has 0 aliphatic heterocycles. The maximum atomic E-state index is 2.16. The van der Waals surface area contributed by atoms with Crippen LogP contribution in [0.2, 0.25) is 0 Å². The van der Waals surface area contributed by atoms with Gasteiger partial charge in [-0.25, -0.2) is 0 Å². The topological polar surface area (TPSA) is 0 Å². The molecule has 0 heteroatoms. The van der Waals surface area contributed by atoms with E-state index in [2.05, 4.69) is 62.4 Å². The van der Waals surface area contributed by atoms with Crippen LogP contribution in [0, 0.1) is 13.8 Å². The van der Waals surface area contributed by atoms with Gasteiger partial charge in [-0.2, -0.15) is 0 Å². The molecule has 0 aliphatic carbocycles. The van der Waals surface area contributed by atoms with Gasteiger partial charge in [-0.3, -0.25) is 0 Å². The Hall–Kier alpha value is -1.56. The van der Waals surface area contributed by atoms with Crippen LogP contribution in [0.25, 0.3) is 11.1 Å². The van der Waals surface area contributed by atoms with Crippen LogP contribution in [-0.2, 0) is 0 Å². The summed E-state index contributed by atoms with van der Waals surface area (Å²) < 4.78 is 0. The van der Waals surface area contributed by atoms with Crippen molar-refractivity contribution in [2.45, 2.75) is 27.7 Å². The number of aryl methyl sites for hydroxylation is 2. The molecule has 0 saturated carbocycles. The molecule has 0 atom stereocenters. The van der Waals surface area contributed by atoms with Crippen LogP contribution >= 0.6 is 0 Å². The second-order valence-electron chi connectivity index (χ2n) is 3.63. The quantitative estimate of drug-likeness (QED) is 0.624. The minimum absolute atomic E-state index is 1.31. The van der Waals surface area contributed by atoms with Crippen molar-refractivity contribution in [3.8, 4) is 11.1 Å². The Labute approximate surface area is 99.0 Å². The first-order chi connectivity index (χ1) is 7.79. The lowest BCUT2D eigenvalue weighted by Gasteiger charge is -2.09. The molecule has 2 aromatic rings. The van der Waals surface area contributed by atoms with E-state index in [1.54, 1.807) is 0 Å². The van der Waals surface area contributed by atoms with Gasteiger partial charge in [-0.15, -0.1) is 0 Å². The second kappa shape index (κ2) is 6.12. The van der Waals surface area contributed by atoms with Crippen molar-refractivity contribution in [3.63, 3.8) is 0 Å². The van der Waals surface area contributed by atoms with Crippen molar-refractivity contribution in [1.82, 2.24) is 0 Å². The first-order valence-electron chi connectivity index (χ1n) is 5.90. The minimum Gasteiger partial charge on any atom is -0.0683 e. The molecular formula is C16H20. The summed E-state index contributed by atoms with van der Waals surface area (Å²) in [7, 11) is 0. The van der Waals surface area contributed by atoms with Gasteiger partial charge in [0.25, 0.3) is 0 Å². The van der Waals surface area contributed by atoms with Gasteiger partial charge in [0.2, 0.25) is 0 Å². The van der Waals surface area contributed by atoms with Gasteiger partial charge in [-0.1, -0.05) is 62.4 Å². The minimum atomic E-state index is 1.31. The van der Waals surface area contributed by atoms with Gasteiger partial charge < -0.3 is 0 Å². The second-order valence-corrected chi connectivity index (χ2v) is 3.63. The first kappa shape index (κ1) is 12.5. The fraction of sp³-hybridized carbons (Fsp3) is 0.250. The Bertz CT molecular complexity index is 407. The highest BCUT2D eigenvalue weighted by molar-refractivity contribution is 5.70. The maximum absolute atomic E-state index is 2.16. The van der Waals surface area contributed by atoms with E-state index in [-0.39, 0.29) is 0 Å². The number of hydrogen-bond donors (Lipinski definition) is 0. The lowest BCUT2D eigenvalue weighted by Crippen LogP contribution is -1.86. The molecular weight excluding hydrogens is 192 g/mol. The molecule has 0 heterocycles. The normalized spacial score (nSPS) is 9.25. The maximum Gasteiger partial charge on any atom is -0.0125 e. The molecule has 0 saturated heterocycles. The molecule has 2 aromatic carbocycles. The zero-order valence-corrected chi connectivity index (χ0v) is 10.6. The zero-order valence-electron chi connectivity index (χ0n) is 10.6. The number of hydrogen-bond acceptors (Lipinski definition) is 0. The molecule has 84 valence electrons. The Balaban J connectivity index is 0.000000606. The molecule has 0 aliphatic rings. The molecule has 0 amide bonds. The summed E-state index contributed by atoms with van der Waals surface area (Å²) in [4.78, 5) is 0. The van der Waals surface area contributed by atoms with Crippen LogP contribution in [0.5, 0.6) is 0 Å². The lowest BCUT2D eigenvalue weighted by atomic mass is 9.96. The van der Waals surface area contributed by atoms with Gasteiger partial charge in [-0.05, 0) is 36.1 Å². The molecule has 16 heavy (non-hydrogen) atoms. The largest absolute Gasteiger partial charge is 0.0683 e. The van der Waals surface area contributed by atoms with Gasteiger partial charge in [0, 0.05) is 0 Å². The lowest BCUT2D eigenvalue weighted by molar-refractivity contribution is 1.38. The van der Waals surface area contributed by atoms with Crippen molar-refractivity contribution >= 4 is 0 Å². The van der Waals surface area contributed by atoms with Crippen LogP contribution in [0.1, 0.15) is 25.0 Å². The molecule has 0 bridgehead atoms. The van der Waals surface area contributed by atoms with Crippen molar-refractivity contribution in [2.24, 2.45) is 0 Å². The van der Waals surface area contributed by atoms with Gasteiger partial charge in [0.1, 0.15) is 0 Å². The Morgan fingerprint density at radius 3 is 1.62 bits per heavy atom. The SMILES string of the molecule is CC.Cc1cccc(C)c1-c1ccccc1. The predicted molar refractivity (Wildman–Crippen MR) is 72.7 cm³/mol. The first-order valence-corrected chi connectivity index (χ1v) is 5.90. The third-order valence-electron chi connectivity index (χ3n) is 2.54. The third kappa shape index (κ3) is 2.73. The monoisotopic (exact) mass is 212 g/mol. The van der Waals surface area contributed by atoms with E-state index in [1.807, 2.05) is 13.8 Å². The Morgan fingerprint density at radius 2 is 1.12 bits per heavy atom. The highest BCUT2D eigenvalue weighted by atomic mass is 14.1. The average molecular weight is 212 g/mol. The fourth-order valence-electron chi connectivity index (χ4n) is 1.87. The molecule has 0 fully saturated rings. The van der Waals surface area contributed by atoms with Gasteiger partial charge in [0.15, 0.2) is 0 Å². The summed E-state index contributed by atoms with van der Waals surface area (Å²) >= 11 is 0. The summed E-state index contributed by atoms with van der Waals surface area (Å²) in [6.45, 7) is 8.32. The third-order valence-corrected chi connectivity index (χ3v) is 2.54. The summed E-state index contributed by atoms with van der Waals surface area (Å²) in [6.07, 6.45) is 0. The molecule has 0 aromatic heterocycles. The van der Waals surface area contributed by atoms with E-state index in [0.29, 0.717) is 0 Å². The van der Waals surface area contributed by atoms with Gasteiger partial charge in [0.05, 0.1) is 0 Å². The summed E-state index contributed by atoms with van der Waals surface area (Å²) in [5, 5.41) is 0. The predicted octanol–water partition coefficient (Wildman–Crippen LogP) is 5.00. The molecule has 0 radical (unpaired) electrons. The summed E-state index contributed by atoms with van der Waals surface area (Å²) in [5.41, 5.74) is 5.36. The summed E-state index contributed by atoms with van der Waals surface area (Å²) in [5.74, 6) is 0. The van der Waals surface area contributed by atoms with Crippen LogP contribution in [0.3, 0.4) is 0 Å². The van der Waals surface area contributed by atoms with Crippen LogP contribution in [0.15, 0.2) is 48.5 Å². The standard InChI is InChI=1S/C14H14.C2H6/c1-11-7-6-8-12(2)14(11)13-9-4-3-5-10-13;1-2/h3-10H,1-2H3;1-2H3.